The van der Waals surface area contributed by atoms with E-state index in [1.165, 1.54) is 12.1 Å². The van der Waals surface area contributed by atoms with Gasteiger partial charge >= 0.3 is 0 Å². The molecule has 2 aromatic rings. The van der Waals surface area contributed by atoms with Crippen LogP contribution in [0.4, 0.5) is 4.39 Å². The maximum Gasteiger partial charge on any atom is 0.131 e. The summed E-state index contributed by atoms with van der Waals surface area (Å²) < 4.78 is 13.6. The molecule has 0 aliphatic carbocycles. The summed E-state index contributed by atoms with van der Waals surface area (Å²) in [5.74, 6) is -0.286. The first-order chi connectivity index (χ1) is 9.17. The van der Waals surface area contributed by atoms with E-state index in [1.807, 2.05) is 12.3 Å². The van der Waals surface area contributed by atoms with E-state index < -0.39 is 0 Å². The lowest BCUT2D eigenvalue weighted by atomic mass is 9.98. The third-order valence-corrected chi connectivity index (χ3v) is 3.31. The maximum atomic E-state index is 13.6. The molecule has 0 aliphatic heterocycles. The molecule has 1 aromatic heterocycles. The average molecular weight is 273 g/mol. The number of hydrogen-bond donors (Lipinski definition) is 0. The summed E-state index contributed by atoms with van der Waals surface area (Å²) in [6, 6.07) is 3.17. The van der Waals surface area contributed by atoms with E-state index in [-0.39, 0.29) is 5.82 Å². The predicted molar refractivity (Wildman–Crippen MR) is 83.7 cm³/mol. The second kappa shape index (κ2) is 6.81. The topological polar surface area (TPSA) is 12.9 Å². The number of nitrogens with zero attached hydrogens (tertiary/aromatic N) is 1. The number of thiazole rings is 1. The van der Waals surface area contributed by atoms with Gasteiger partial charge in [0.15, 0.2) is 0 Å². The van der Waals surface area contributed by atoms with Crippen molar-refractivity contribution in [3.05, 3.63) is 65.8 Å². The van der Waals surface area contributed by atoms with Crippen LogP contribution in [0.15, 0.2) is 43.8 Å². The van der Waals surface area contributed by atoms with Gasteiger partial charge in [-0.1, -0.05) is 25.3 Å². The molecule has 19 heavy (non-hydrogen) atoms. The summed E-state index contributed by atoms with van der Waals surface area (Å²) in [6.07, 6.45) is 3.15. The Kier molecular flexibility index (Phi) is 5.39. The van der Waals surface area contributed by atoms with Crippen molar-refractivity contribution in [3.63, 3.8) is 0 Å². The van der Waals surface area contributed by atoms with E-state index >= 15 is 0 Å². The van der Waals surface area contributed by atoms with Gasteiger partial charge in [-0.25, -0.2) is 9.37 Å². The molecule has 0 bridgehead atoms. The normalized spacial score (nSPS) is 9.37. The molecule has 0 aliphatic rings. The second-order valence-corrected chi connectivity index (χ2v) is 4.64. The molecule has 98 valence electrons. The lowest BCUT2D eigenvalue weighted by Crippen LogP contribution is -1.92. The van der Waals surface area contributed by atoms with Gasteiger partial charge in [0.1, 0.15) is 5.82 Å². The third kappa shape index (κ3) is 3.06. The molecule has 0 unspecified atom stereocenters. The largest absolute Gasteiger partial charge is 0.242 e. The molecule has 0 fully saturated rings. The number of aryl methyl sites for hydroxylation is 1. The fraction of sp³-hybridized carbons (Fsp3) is 0.0625. The highest BCUT2D eigenvalue weighted by atomic mass is 32.1. The molecule has 0 saturated carbocycles. The Labute approximate surface area is 117 Å². The molecule has 3 heteroatoms. The molecule has 0 N–H and O–H groups in total. The zero-order valence-electron chi connectivity index (χ0n) is 10.9. The van der Waals surface area contributed by atoms with Crippen LogP contribution in [0.5, 0.6) is 0 Å². The van der Waals surface area contributed by atoms with E-state index in [0.29, 0.717) is 5.56 Å². The van der Waals surface area contributed by atoms with Gasteiger partial charge in [-0.2, -0.15) is 0 Å². The number of benzene rings is 1. The quantitative estimate of drug-likeness (QED) is 0.687. The number of aromatic nitrogens is 1. The fourth-order valence-corrected chi connectivity index (χ4v) is 2.36. The molecule has 1 heterocycles. The first-order valence-electron chi connectivity index (χ1n) is 5.67. The van der Waals surface area contributed by atoms with Crippen LogP contribution in [0.1, 0.15) is 16.1 Å². The first-order valence-corrected chi connectivity index (χ1v) is 6.55. The molecule has 1 nitrogen and oxygen atoms in total. The highest BCUT2D eigenvalue weighted by Crippen LogP contribution is 2.30. The van der Waals surface area contributed by atoms with Crippen molar-refractivity contribution < 1.29 is 4.39 Å². The summed E-state index contributed by atoms with van der Waals surface area (Å²) in [5.41, 5.74) is 2.96. The average Bonchev–Trinajstić information content (AvgIpc) is 2.87. The van der Waals surface area contributed by atoms with Crippen LogP contribution in [-0.2, 0) is 0 Å². The van der Waals surface area contributed by atoms with Crippen LogP contribution in [0, 0.1) is 12.7 Å². The van der Waals surface area contributed by atoms with Crippen molar-refractivity contribution in [2.24, 2.45) is 0 Å². The third-order valence-electron chi connectivity index (χ3n) is 2.54. The van der Waals surface area contributed by atoms with Gasteiger partial charge in [0.2, 0.25) is 0 Å². The van der Waals surface area contributed by atoms with Gasteiger partial charge in [0, 0.05) is 16.5 Å². The molecule has 0 spiro atoms. The Hall–Kier alpha value is -2.00. The van der Waals surface area contributed by atoms with Gasteiger partial charge in [-0.15, -0.1) is 24.5 Å². The molecular weight excluding hydrogens is 257 g/mol. The Morgan fingerprint density at radius 1 is 1.16 bits per heavy atom. The Balaban J connectivity index is 0.000000861. The molecular formula is C16H16FNS. The minimum absolute atomic E-state index is 0.286. The number of hydrogen-bond acceptors (Lipinski definition) is 2. The van der Waals surface area contributed by atoms with E-state index in [0.717, 1.165) is 21.8 Å². The molecule has 0 atom stereocenters. The fourth-order valence-electron chi connectivity index (χ4n) is 1.75. The number of rotatable bonds is 3. The van der Waals surface area contributed by atoms with Crippen LogP contribution in [0.2, 0.25) is 0 Å². The van der Waals surface area contributed by atoms with Gasteiger partial charge in [-0.3, -0.25) is 0 Å². The van der Waals surface area contributed by atoms with Crippen LogP contribution in [0.3, 0.4) is 0 Å². The summed E-state index contributed by atoms with van der Waals surface area (Å²) >= 11 is 1.57. The van der Waals surface area contributed by atoms with Gasteiger partial charge < -0.3 is 0 Å². The Bertz CT molecular complexity index is 599. The SMILES string of the molecule is C=C.C=Cc1c(F)ccc(-c2csc(C)n2)c1C=C. The van der Waals surface area contributed by atoms with Crippen molar-refractivity contribution in [1.29, 1.82) is 0 Å². The van der Waals surface area contributed by atoms with Crippen LogP contribution < -0.4 is 0 Å². The predicted octanol–water partition coefficient (Wildman–Crippen LogP) is 5.35. The molecule has 0 radical (unpaired) electrons. The van der Waals surface area contributed by atoms with E-state index in [4.69, 9.17) is 0 Å². The van der Waals surface area contributed by atoms with Crippen molar-refractivity contribution in [1.82, 2.24) is 4.98 Å². The molecule has 0 amide bonds. The van der Waals surface area contributed by atoms with E-state index in [2.05, 4.69) is 31.3 Å². The van der Waals surface area contributed by atoms with Crippen LogP contribution >= 0.6 is 11.3 Å². The zero-order chi connectivity index (χ0) is 14.4. The standard InChI is InChI=1S/C14H12FNS.C2H4/c1-4-10-11(5-2)13(15)7-6-12(10)14-8-17-9(3)16-14;1-2/h4-8H,1-2H2,3H3;1-2H2. The first kappa shape index (κ1) is 15.1. The summed E-state index contributed by atoms with van der Waals surface area (Å²) in [5, 5.41) is 2.95. The summed E-state index contributed by atoms with van der Waals surface area (Å²) in [4.78, 5) is 4.41. The van der Waals surface area contributed by atoms with Gasteiger partial charge in [0.05, 0.1) is 10.7 Å². The van der Waals surface area contributed by atoms with Gasteiger partial charge in [-0.05, 0) is 24.6 Å². The zero-order valence-corrected chi connectivity index (χ0v) is 11.8. The van der Waals surface area contributed by atoms with Gasteiger partial charge in [0.25, 0.3) is 0 Å². The minimum atomic E-state index is -0.286. The summed E-state index contributed by atoms with van der Waals surface area (Å²) in [7, 11) is 0. The highest BCUT2D eigenvalue weighted by molar-refractivity contribution is 7.09. The number of halogens is 1. The van der Waals surface area contributed by atoms with Crippen molar-refractivity contribution in [2.75, 3.05) is 0 Å². The lowest BCUT2D eigenvalue weighted by molar-refractivity contribution is 0.625. The molecule has 1 aromatic carbocycles. The smallest absolute Gasteiger partial charge is 0.131 e. The molecule has 0 saturated heterocycles. The Morgan fingerprint density at radius 2 is 1.79 bits per heavy atom. The van der Waals surface area contributed by atoms with E-state index in [9.17, 15) is 4.39 Å². The van der Waals surface area contributed by atoms with Crippen LogP contribution in [0.25, 0.3) is 23.4 Å². The monoisotopic (exact) mass is 273 g/mol. The van der Waals surface area contributed by atoms with Crippen molar-refractivity contribution >= 4 is 23.5 Å². The summed E-state index contributed by atoms with van der Waals surface area (Å²) in [6.45, 7) is 15.3. The van der Waals surface area contributed by atoms with Crippen molar-refractivity contribution in [2.45, 2.75) is 6.92 Å². The lowest BCUT2D eigenvalue weighted by Gasteiger charge is -2.08. The minimum Gasteiger partial charge on any atom is -0.242 e. The van der Waals surface area contributed by atoms with Crippen molar-refractivity contribution in [3.8, 4) is 11.3 Å². The maximum absolute atomic E-state index is 13.6. The Morgan fingerprint density at radius 3 is 2.26 bits per heavy atom. The second-order valence-electron chi connectivity index (χ2n) is 3.58. The van der Waals surface area contributed by atoms with E-state index in [1.54, 1.807) is 23.5 Å². The highest BCUT2D eigenvalue weighted by Gasteiger charge is 2.12. The van der Waals surface area contributed by atoms with Crippen LogP contribution in [-0.4, -0.2) is 4.98 Å². The molecule has 2 rings (SSSR count).